The smallest absolute Gasteiger partial charge is 0.399 e. The van der Waals surface area contributed by atoms with Crippen molar-refractivity contribution in [1.82, 2.24) is 4.98 Å². The number of anilines is 1. The maximum Gasteiger partial charge on any atom is 0.496 e. The Kier molecular flexibility index (Phi) is 3.62. The van der Waals surface area contributed by atoms with Crippen molar-refractivity contribution in [2.75, 3.05) is 5.73 Å². The Hall–Kier alpha value is -1.07. The van der Waals surface area contributed by atoms with Crippen LogP contribution in [0.5, 0.6) is 0 Å². The van der Waals surface area contributed by atoms with Gasteiger partial charge in [-0.25, -0.2) is 4.98 Å². The van der Waals surface area contributed by atoms with Gasteiger partial charge in [0.05, 0.1) is 11.2 Å². The van der Waals surface area contributed by atoms with Crippen molar-refractivity contribution in [2.45, 2.75) is 58.7 Å². The van der Waals surface area contributed by atoms with Crippen molar-refractivity contribution in [1.29, 1.82) is 0 Å². The molecule has 1 aliphatic heterocycles. The van der Waals surface area contributed by atoms with Gasteiger partial charge in [-0.15, -0.1) is 0 Å². The summed E-state index contributed by atoms with van der Waals surface area (Å²) in [4.78, 5) is 4.26. The second-order valence-corrected chi connectivity index (χ2v) is 6.15. The van der Waals surface area contributed by atoms with E-state index in [-0.39, 0.29) is 18.3 Å². The molecule has 0 atom stereocenters. The number of aryl methyl sites for hydroxylation is 1. The molecule has 0 unspecified atom stereocenters. The van der Waals surface area contributed by atoms with Gasteiger partial charge in [-0.05, 0) is 39.7 Å². The van der Waals surface area contributed by atoms with Crippen molar-refractivity contribution >= 4 is 18.4 Å². The van der Waals surface area contributed by atoms with Crippen LogP contribution in [0, 0.1) is 0 Å². The number of hydrogen-bond acceptors (Lipinski definition) is 4. The Labute approximate surface area is 115 Å². The first-order valence-electron chi connectivity index (χ1n) is 6.87. The molecule has 1 saturated heterocycles. The lowest BCUT2D eigenvalue weighted by Gasteiger charge is -2.32. The van der Waals surface area contributed by atoms with E-state index >= 15 is 0 Å². The molecule has 0 aromatic carbocycles. The largest absolute Gasteiger partial charge is 0.496 e. The first-order valence-corrected chi connectivity index (χ1v) is 6.87. The van der Waals surface area contributed by atoms with Crippen LogP contribution in [-0.2, 0) is 15.7 Å². The number of nitrogens with two attached hydrogens (primary N) is 1. The lowest BCUT2D eigenvalue weighted by Crippen LogP contribution is -2.41. The highest BCUT2D eigenvalue weighted by atomic mass is 16.7. The number of rotatable bonds is 3. The van der Waals surface area contributed by atoms with E-state index in [1.54, 1.807) is 6.20 Å². The molecule has 0 saturated carbocycles. The summed E-state index contributed by atoms with van der Waals surface area (Å²) in [7, 11) is -0.367. The van der Waals surface area contributed by atoms with Crippen LogP contribution in [0.1, 0.15) is 46.6 Å². The molecule has 1 aromatic rings. The van der Waals surface area contributed by atoms with E-state index in [0.29, 0.717) is 5.82 Å². The van der Waals surface area contributed by atoms with Crippen molar-refractivity contribution in [3.8, 4) is 0 Å². The number of hydrogen-bond donors (Lipinski definition) is 1. The van der Waals surface area contributed by atoms with Crippen LogP contribution in [0.4, 0.5) is 5.82 Å². The first kappa shape index (κ1) is 14.3. The number of nitrogens with zero attached hydrogens (tertiary/aromatic N) is 1. The summed E-state index contributed by atoms with van der Waals surface area (Å²) < 4.78 is 12.0. The van der Waals surface area contributed by atoms with E-state index in [1.807, 2.05) is 33.8 Å². The fourth-order valence-corrected chi connectivity index (χ4v) is 2.12. The molecule has 1 aromatic heterocycles. The van der Waals surface area contributed by atoms with Gasteiger partial charge in [0.25, 0.3) is 0 Å². The third-order valence-electron chi connectivity index (χ3n) is 4.07. The van der Waals surface area contributed by atoms with Crippen molar-refractivity contribution in [3.63, 3.8) is 0 Å². The van der Waals surface area contributed by atoms with E-state index in [9.17, 15) is 0 Å². The molecular formula is C14H23BN2O2. The molecule has 2 rings (SSSR count). The molecule has 1 fully saturated rings. The van der Waals surface area contributed by atoms with Gasteiger partial charge in [-0.1, -0.05) is 19.4 Å². The van der Waals surface area contributed by atoms with Gasteiger partial charge in [-0.2, -0.15) is 0 Å². The summed E-state index contributed by atoms with van der Waals surface area (Å²) in [6, 6.07) is 2.05. The van der Waals surface area contributed by atoms with Gasteiger partial charge in [0.2, 0.25) is 0 Å². The number of aromatic nitrogens is 1. The average molecular weight is 262 g/mol. The molecule has 19 heavy (non-hydrogen) atoms. The van der Waals surface area contributed by atoms with Crippen LogP contribution in [-0.4, -0.2) is 23.3 Å². The average Bonchev–Trinajstić information content (AvgIpc) is 2.51. The number of nitrogen functional groups attached to an aromatic ring is 1. The molecule has 0 spiro atoms. The standard InChI is InChI=1S/C14H23BN2O2/c1-6-7-10-8-11(9-17-12(10)16)15-18-13(2,3)14(4,5)19-15/h8-9H,6-7H2,1-5H3,(H2,16,17). The van der Waals surface area contributed by atoms with Gasteiger partial charge in [0, 0.05) is 11.7 Å². The van der Waals surface area contributed by atoms with Crippen molar-refractivity contribution in [2.24, 2.45) is 0 Å². The zero-order chi connectivity index (χ0) is 14.3. The van der Waals surface area contributed by atoms with Crippen LogP contribution < -0.4 is 11.2 Å². The van der Waals surface area contributed by atoms with Crippen molar-refractivity contribution in [3.05, 3.63) is 17.8 Å². The number of pyridine rings is 1. The molecule has 0 radical (unpaired) electrons. The quantitative estimate of drug-likeness (QED) is 0.845. The minimum atomic E-state index is -0.367. The summed E-state index contributed by atoms with van der Waals surface area (Å²) >= 11 is 0. The molecule has 2 N–H and O–H groups in total. The summed E-state index contributed by atoms with van der Waals surface area (Å²) in [5, 5.41) is 0. The molecule has 2 heterocycles. The zero-order valence-corrected chi connectivity index (χ0v) is 12.5. The van der Waals surface area contributed by atoms with Gasteiger partial charge < -0.3 is 15.0 Å². The summed E-state index contributed by atoms with van der Waals surface area (Å²) in [5.41, 5.74) is 7.23. The second kappa shape index (κ2) is 4.80. The molecule has 104 valence electrons. The topological polar surface area (TPSA) is 57.4 Å². The Balaban J connectivity index is 2.27. The summed E-state index contributed by atoms with van der Waals surface area (Å²) in [5.74, 6) is 0.599. The van der Waals surface area contributed by atoms with Gasteiger partial charge >= 0.3 is 7.12 Å². The van der Waals surface area contributed by atoms with Crippen LogP contribution >= 0.6 is 0 Å². The van der Waals surface area contributed by atoms with Crippen LogP contribution in [0.15, 0.2) is 12.3 Å². The van der Waals surface area contributed by atoms with E-state index < -0.39 is 0 Å². The fourth-order valence-electron chi connectivity index (χ4n) is 2.12. The maximum absolute atomic E-state index is 6.02. The molecule has 1 aliphatic rings. The van der Waals surface area contributed by atoms with Crippen LogP contribution in [0.2, 0.25) is 0 Å². The van der Waals surface area contributed by atoms with Crippen LogP contribution in [0.25, 0.3) is 0 Å². The molecule has 0 bridgehead atoms. The van der Waals surface area contributed by atoms with E-state index in [0.717, 1.165) is 23.9 Å². The second-order valence-electron chi connectivity index (χ2n) is 6.15. The third kappa shape index (κ3) is 2.62. The third-order valence-corrected chi connectivity index (χ3v) is 4.07. The Morgan fingerprint density at radius 2 is 1.79 bits per heavy atom. The molecule has 4 nitrogen and oxygen atoms in total. The molecule has 0 aliphatic carbocycles. The molecule has 0 amide bonds. The predicted octanol–water partition coefficient (Wildman–Crippen LogP) is 1.92. The lowest BCUT2D eigenvalue weighted by molar-refractivity contribution is 0.00578. The van der Waals surface area contributed by atoms with Crippen LogP contribution in [0.3, 0.4) is 0 Å². The summed E-state index contributed by atoms with van der Waals surface area (Å²) in [6.45, 7) is 10.3. The highest BCUT2D eigenvalue weighted by Crippen LogP contribution is 2.36. The monoisotopic (exact) mass is 262 g/mol. The highest BCUT2D eigenvalue weighted by Gasteiger charge is 2.51. The normalized spacial score (nSPS) is 20.8. The molecular weight excluding hydrogens is 239 g/mol. The van der Waals surface area contributed by atoms with Gasteiger partial charge in [0.15, 0.2) is 0 Å². The Morgan fingerprint density at radius 1 is 1.21 bits per heavy atom. The summed E-state index contributed by atoms with van der Waals surface area (Å²) in [6.07, 6.45) is 3.71. The van der Waals surface area contributed by atoms with Gasteiger partial charge in [0.1, 0.15) is 5.82 Å². The van der Waals surface area contributed by atoms with E-state index in [2.05, 4.69) is 11.9 Å². The van der Waals surface area contributed by atoms with E-state index in [4.69, 9.17) is 15.0 Å². The van der Waals surface area contributed by atoms with Crippen molar-refractivity contribution < 1.29 is 9.31 Å². The Bertz CT molecular complexity index is 459. The minimum Gasteiger partial charge on any atom is -0.399 e. The lowest BCUT2D eigenvalue weighted by atomic mass is 9.79. The minimum absolute atomic E-state index is 0.329. The maximum atomic E-state index is 6.02. The van der Waals surface area contributed by atoms with E-state index in [1.165, 1.54) is 0 Å². The Morgan fingerprint density at radius 3 is 2.32 bits per heavy atom. The predicted molar refractivity (Wildman–Crippen MR) is 78.4 cm³/mol. The fraction of sp³-hybridized carbons (Fsp3) is 0.643. The highest BCUT2D eigenvalue weighted by molar-refractivity contribution is 6.62. The SMILES string of the molecule is CCCc1cc(B2OC(C)(C)C(C)(C)O2)cnc1N. The van der Waals surface area contributed by atoms with Gasteiger partial charge in [-0.3, -0.25) is 0 Å². The first-order chi connectivity index (χ1) is 8.77. The zero-order valence-electron chi connectivity index (χ0n) is 12.5. The molecule has 5 heteroatoms.